The van der Waals surface area contributed by atoms with Crippen LogP contribution < -0.4 is 10.6 Å². The lowest BCUT2D eigenvalue weighted by Gasteiger charge is -2.36. The van der Waals surface area contributed by atoms with Crippen LogP contribution in [0.5, 0.6) is 0 Å². The lowest BCUT2D eigenvalue weighted by Crippen LogP contribution is -2.48. The largest absolute Gasteiger partial charge is 0.350 e. The molecule has 20 heavy (non-hydrogen) atoms. The zero-order valence-electron chi connectivity index (χ0n) is 12.5. The lowest BCUT2D eigenvalue weighted by atomic mass is 9.79. The van der Waals surface area contributed by atoms with Crippen LogP contribution in [-0.2, 0) is 11.3 Å². The average molecular weight is 275 g/mol. The smallest absolute Gasteiger partial charge is 0.222 e. The van der Waals surface area contributed by atoms with E-state index in [2.05, 4.69) is 15.6 Å². The fourth-order valence-corrected chi connectivity index (χ4v) is 3.00. The second kappa shape index (κ2) is 6.84. The van der Waals surface area contributed by atoms with Crippen LogP contribution in [0.15, 0.2) is 18.2 Å². The molecule has 0 atom stereocenters. The molecule has 1 aromatic rings. The van der Waals surface area contributed by atoms with E-state index in [1.165, 1.54) is 19.3 Å². The number of rotatable bonds is 5. The first kappa shape index (κ1) is 15.0. The summed E-state index contributed by atoms with van der Waals surface area (Å²) in [6.07, 6.45) is 6.48. The molecule has 2 rings (SSSR count). The maximum Gasteiger partial charge on any atom is 0.222 e. The van der Waals surface area contributed by atoms with Gasteiger partial charge in [0, 0.05) is 17.7 Å². The number of hydrogen-bond acceptors (Lipinski definition) is 3. The summed E-state index contributed by atoms with van der Waals surface area (Å²) in [6, 6.07) is 5.88. The number of aryl methyl sites for hydroxylation is 1. The molecule has 4 heteroatoms. The molecule has 0 bridgehead atoms. The number of carbonyl (C=O) groups excluding carboxylic acids is 1. The van der Waals surface area contributed by atoms with Gasteiger partial charge < -0.3 is 10.6 Å². The molecule has 0 radical (unpaired) electrons. The fraction of sp³-hybridized carbons (Fsp3) is 0.625. The Balaban J connectivity index is 1.85. The maximum absolute atomic E-state index is 12.2. The monoisotopic (exact) mass is 275 g/mol. The molecule has 1 amide bonds. The summed E-state index contributed by atoms with van der Waals surface area (Å²) in [6.45, 7) is 2.48. The van der Waals surface area contributed by atoms with Gasteiger partial charge in [0.25, 0.3) is 0 Å². The number of hydrogen-bond donors (Lipinski definition) is 2. The summed E-state index contributed by atoms with van der Waals surface area (Å²) in [5, 5.41) is 6.37. The van der Waals surface area contributed by atoms with Crippen molar-refractivity contribution in [1.82, 2.24) is 15.6 Å². The minimum Gasteiger partial charge on any atom is -0.350 e. The van der Waals surface area contributed by atoms with E-state index in [4.69, 9.17) is 0 Å². The molecule has 0 saturated heterocycles. The third-order valence-corrected chi connectivity index (χ3v) is 4.25. The molecular weight excluding hydrogens is 250 g/mol. The number of amides is 1. The van der Waals surface area contributed by atoms with Gasteiger partial charge in [0.05, 0.1) is 12.2 Å². The summed E-state index contributed by atoms with van der Waals surface area (Å²) in [5.41, 5.74) is 1.90. The summed E-state index contributed by atoms with van der Waals surface area (Å²) >= 11 is 0. The molecular formula is C16H25N3O. The molecule has 4 nitrogen and oxygen atoms in total. The molecule has 1 aliphatic carbocycles. The molecule has 0 aromatic carbocycles. The van der Waals surface area contributed by atoms with Crippen molar-refractivity contribution >= 4 is 5.91 Å². The SMILES string of the molecule is CNC1(CC(=O)NCc2cccc(C)n2)CCCCC1. The van der Waals surface area contributed by atoms with Gasteiger partial charge in [-0.15, -0.1) is 0 Å². The van der Waals surface area contributed by atoms with Gasteiger partial charge in [0.1, 0.15) is 0 Å². The minimum atomic E-state index is 0.00235. The van der Waals surface area contributed by atoms with Crippen LogP contribution in [0.2, 0.25) is 0 Å². The van der Waals surface area contributed by atoms with Crippen molar-refractivity contribution in [3.8, 4) is 0 Å². The quantitative estimate of drug-likeness (QED) is 0.867. The normalized spacial score (nSPS) is 17.7. The van der Waals surface area contributed by atoms with E-state index in [-0.39, 0.29) is 11.4 Å². The van der Waals surface area contributed by atoms with Crippen LogP contribution in [0, 0.1) is 6.92 Å². The first-order valence-electron chi connectivity index (χ1n) is 7.52. The van der Waals surface area contributed by atoms with E-state index >= 15 is 0 Å². The van der Waals surface area contributed by atoms with Gasteiger partial charge in [-0.05, 0) is 38.9 Å². The summed E-state index contributed by atoms with van der Waals surface area (Å²) in [4.78, 5) is 16.6. The van der Waals surface area contributed by atoms with Gasteiger partial charge in [-0.1, -0.05) is 25.3 Å². The first-order chi connectivity index (χ1) is 9.63. The van der Waals surface area contributed by atoms with E-state index < -0.39 is 0 Å². The summed E-state index contributed by atoms with van der Waals surface area (Å²) in [7, 11) is 1.97. The van der Waals surface area contributed by atoms with E-state index in [0.29, 0.717) is 13.0 Å². The predicted molar refractivity (Wildman–Crippen MR) is 80.3 cm³/mol. The highest BCUT2D eigenvalue weighted by atomic mass is 16.1. The Bertz CT molecular complexity index is 453. The van der Waals surface area contributed by atoms with Crippen LogP contribution in [0.1, 0.15) is 49.9 Å². The van der Waals surface area contributed by atoms with Crippen LogP contribution >= 0.6 is 0 Å². The number of nitrogens with one attached hydrogen (secondary N) is 2. The van der Waals surface area contributed by atoms with Crippen LogP contribution in [0.25, 0.3) is 0 Å². The van der Waals surface area contributed by atoms with Gasteiger partial charge in [0.15, 0.2) is 0 Å². The molecule has 1 heterocycles. The molecule has 110 valence electrons. The second-order valence-electron chi connectivity index (χ2n) is 5.81. The molecule has 1 aliphatic rings. The van der Waals surface area contributed by atoms with Crippen molar-refractivity contribution in [2.24, 2.45) is 0 Å². The van der Waals surface area contributed by atoms with Gasteiger partial charge in [-0.3, -0.25) is 9.78 Å². The van der Waals surface area contributed by atoms with E-state index in [1.54, 1.807) is 0 Å². The third kappa shape index (κ3) is 4.04. The van der Waals surface area contributed by atoms with Crippen molar-refractivity contribution in [2.75, 3.05) is 7.05 Å². The van der Waals surface area contributed by atoms with E-state index in [0.717, 1.165) is 24.2 Å². The van der Waals surface area contributed by atoms with Crippen LogP contribution in [0.3, 0.4) is 0 Å². The lowest BCUT2D eigenvalue weighted by molar-refractivity contribution is -0.123. The highest BCUT2D eigenvalue weighted by Crippen LogP contribution is 2.30. The molecule has 2 N–H and O–H groups in total. The summed E-state index contributed by atoms with van der Waals surface area (Å²) < 4.78 is 0. The van der Waals surface area contributed by atoms with Crippen LogP contribution in [-0.4, -0.2) is 23.5 Å². The standard InChI is InChI=1S/C16H25N3O/c1-13-7-6-8-14(19-13)12-18-15(20)11-16(17-2)9-4-3-5-10-16/h6-8,17H,3-5,9-12H2,1-2H3,(H,18,20). The first-order valence-corrected chi connectivity index (χ1v) is 7.52. The van der Waals surface area contributed by atoms with Crippen molar-refractivity contribution in [3.63, 3.8) is 0 Å². The van der Waals surface area contributed by atoms with Gasteiger partial charge >= 0.3 is 0 Å². The Labute approximate surface area is 121 Å². The van der Waals surface area contributed by atoms with Gasteiger partial charge in [-0.2, -0.15) is 0 Å². The number of nitrogens with zero attached hydrogens (tertiary/aromatic N) is 1. The average Bonchev–Trinajstić information content (AvgIpc) is 2.46. The van der Waals surface area contributed by atoms with E-state index in [1.807, 2.05) is 32.2 Å². The van der Waals surface area contributed by atoms with Crippen molar-refractivity contribution in [3.05, 3.63) is 29.6 Å². The number of pyridine rings is 1. The predicted octanol–water partition coefficient (Wildman–Crippen LogP) is 2.32. The third-order valence-electron chi connectivity index (χ3n) is 4.25. The minimum absolute atomic E-state index is 0.00235. The van der Waals surface area contributed by atoms with Crippen molar-refractivity contribution in [1.29, 1.82) is 0 Å². The molecule has 0 unspecified atom stereocenters. The number of carbonyl (C=O) groups is 1. The summed E-state index contributed by atoms with van der Waals surface area (Å²) in [5.74, 6) is 0.115. The van der Waals surface area contributed by atoms with E-state index in [9.17, 15) is 4.79 Å². The molecule has 0 spiro atoms. The van der Waals surface area contributed by atoms with Crippen LogP contribution in [0.4, 0.5) is 0 Å². The second-order valence-corrected chi connectivity index (χ2v) is 5.81. The highest BCUT2D eigenvalue weighted by Gasteiger charge is 2.32. The Morgan fingerprint density at radius 2 is 2.05 bits per heavy atom. The van der Waals surface area contributed by atoms with Crippen molar-refractivity contribution < 1.29 is 4.79 Å². The molecule has 0 aliphatic heterocycles. The maximum atomic E-state index is 12.2. The Hall–Kier alpha value is -1.42. The zero-order valence-corrected chi connectivity index (χ0v) is 12.5. The van der Waals surface area contributed by atoms with Gasteiger partial charge in [-0.25, -0.2) is 0 Å². The number of aromatic nitrogens is 1. The highest BCUT2D eigenvalue weighted by molar-refractivity contribution is 5.77. The Morgan fingerprint density at radius 3 is 2.70 bits per heavy atom. The Kier molecular flexibility index (Phi) is 5.12. The molecule has 1 aromatic heterocycles. The molecule has 1 saturated carbocycles. The Morgan fingerprint density at radius 1 is 1.30 bits per heavy atom. The van der Waals surface area contributed by atoms with Crippen molar-refractivity contribution in [2.45, 2.75) is 57.5 Å². The zero-order chi connectivity index (χ0) is 14.4. The molecule has 1 fully saturated rings. The fourth-order valence-electron chi connectivity index (χ4n) is 3.00. The van der Waals surface area contributed by atoms with Gasteiger partial charge in [0.2, 0.25) is 5.91 Å². The topological polar surface area (TPSA) is 54.0 Å².